The molecule has 0 saturated heterocycles. The van der Waals surface area contributed by atoms with Gasteiger partial charge in [0.1, 0.15) is 10.8 Å². The molecule has 1 aromatic carbocycles. The van der Waals surface area contributed by atoms with Gasteiger partial charge in [-0.15, -0.1) is 11.3 Å². The molecule has 4 heteroatoms. The van der Waals surface area contributed by atoms with Crippen molar-refractivity contribution in [2.24, 2.45) is 5.92 Å². The summed E-state index contributed by atoms with van der Waals surface area (Å²) in [6, 6.07) is 7.40. The molecule has 2 atom stereocenters. The lowest BCUT2D eigenvalue weighted by atomic mass is 10.0. The third-order valence-corrected chi connectivity index (χ3v) is 4.53. The first kappa shape index (κ1) is 12.8. The number of nitrogens with zero attached hydrogens (tertiary/aromatic N) is 1. The molecular weight excluding hydrogens is 259 g/mol. The predicted molar refractivity (Wildman–Crippen MR) is 75.5 cm³/mol. The van der Waals surface area contributed by atoms with E-state index in [4.69, 9.17) is 0 Å². The van der Waals surface area contributed by atoms with Crippen LogP contribution in [0.4, 0.5) is 4.39 Å². The van der Waals surface area contributed by atoms with Crippen LogP contribution in [-0.2, 0) is 0 Å². The van der Waals surface area contributed by atoms with Crippen molar-refractivity contribution in [2.45, 2.75) is 31.8 Å². The zero-order valence-corrected chi connectivity index (χ0v) is 11.7. The van der Waals surface area contributed by atoms with Crippen LogP contribution in [-0.4, -0.2) is 4.98 Å². The van der Waals surface area contributed by atoms with Crippen LogP contribution >= 0.6 is 11.3 Å². The lowest BCUT2D eigenvalue weighted by Gasteiger charge is -2.22. The van der Waals surface area contributed by atoms with Crippen molar-refractivity contribution in [3.05, 3.63) is 52.2 Å². The predicted octanol–water partition coefficient (Wildman–Crippen LogP) is 4.08. The number of halogens is 1. The number of thiazole rings is 1. The Morgan fingerprint density at radius 2 is 2.05 bits per heavy atom. The smallest absolute Gasteiger partial charge is 0.123 e. The van der Waals surface area contributed by atoms with Crippen molar-refractivity contribution >= 4 is 11.3 Å². The molecule has 1 aromatic heterocycles. The highest BCUT2D eigenvalue weighted by Gasteiger charge is 2.33. The minimum atomic E-state index is -0.175. The molecule has 1 heterocycles. The molecule has 100 valence electrons. The van der Waals surface area contributed by atoms with Gasteiger partial charge in [0.15, 0.2) is 0 Å². The van der Waals surface area contributed by atoms with Crippen LogP contribution in [0.5, 0.6) is 0 Å². The van der Waals surface area contributed by atoms with Crippen LogP contribution in [0.25, 0.3) is 0 Å². The minimum absolute atomic E-state index is 0.175. The summed E-state index contributed by atoms with van der Waals surface area (Å²) in [5.41, 5.74) is 1.17. The minimum Gasteiger partial charge on any atom is -0.301 e. The Balaban J connectivity index is 1.76. The van der Waals surface area contributed by atoms with Crippen molar-refractivity contribution in [1.82, 2.24) is 10.3 Å². The van der Waals surface area contributed by atoms with Gasteiger partial charge in [-0.05, 0) is 43.4 Å². The van der Waals surface area contributed by atoms with Crippen LogP contribution in [0.1, 0.15) is 42.4 Å². The lowest BCUT2D eigenvalue weighted by molar-refractivity contribution is 0.426. The number of aromatic nitrogens is 1. The van der Waals surface area contributed by atoms with Gasteiger partial charge in [-0.3, -0.25) is 0 Å². The first-order valence-electron chi connectivity index (χ1n) is 6.65. The molecule has 1 fully saturated rings. The van der Waals surface area contributed by atoms with Gasteiger partial charge in [0.05, 0.1) is 6.04 Å². The molecule has 1 aliphatic carbocycles. The molecule has 0 spiro atoms. The highest BCUT2D eigenvalue weighted by Crippen LogP contribution is 2.42. The van der Waals surface area contributed by atoms with Crippen molar-refractivity contribution in [1.29, 1.82) is 0 Å². The second kappa shape index (κ2) is 5.39. The Labute approximate surface area is 116 Å². The van der Waals surface area contributed by atoms with Crippen LogP contribution in [0.2, 0.25) is 0 Å². The number of benzene rings is 1. The van der Waals surface area contributed by atoms with Crippen LogP contribution < -0.4 is 5.32 Å². The summed E-state index contributed by atoms with van der Waals surface area (Å²) in [6.45, 7) is 2.14. The molecule has 0 radical (unpaired) electrons. The maximum atomic E-state index is 13.0. The van der Waals surface area contributed by atoms with E-state index in [0.717, 1.165) is 5.01 Å². The fraction of sp³-hybridized carbons (Fsp3) is 0.400. The van der Waals surface area contributed by atoms with Crippen molar-refractivity contribution in [2.75, 3.05) is 0 Å². The van der Waals surface area contributed by atoms with E-state index in [1.54, 1.807) is 23.5 Å². The molecule has 19 heavy (non-hydrogen) atoms. The molecule has 0 bridgehead atoms. The summed E-state index contributed by atoms with van der Waals surface area (Å²) in [5.74, 6) is 0.499. The lowest BCUT2D eigenvalue weighted by Crippen LogP contribution is -2.26. The van der Waals surface area contributed by atoms with Gasteiger partial charge in [0.2, 0.25) is 0 Å². The molecule has 3 rings (SSSR count). The van der Waals surface area contributed by atoms with Crippen molar-refractivity contribution in [3.63, 3.8) is 0 Å². The molecule has 1 saturated carbocycles. The maximum Gasteiger partial charge on any atom is 0.123 e. The van der Waals surface area contributed by atoms with E-state index in [9.17, 15) is 4.39 Å². The Bertz CT molecular complexity index is 520. The molecule has 1 N–H and O–H groups in total. The Kier molecular flexibility index (Phi) is 3.62. The molecule has 0 amide bonds. The highest BCUT2D eigenvalue weighted by molar-refractivity contribution is 7.09. The van der Waals surface area contributed by atoms with Gasteiger partial charge in [-0.25, -0.2) is 9.37 Å². The Morgan fingerprint density at radius 1 is 1.32 bits per heavy atom. The zero-order valence-electron chi connectivity index (χ0n) is 10.8. The fourth-order valence-electron chi connectivity index (χ4n) is 2.39. The van der Waals surface area contributed by atoms with Crippen molar-refractivity contribution < 1.29 is 4.39 Å². The third kappa shape index (κ3) is 3.01. The number of nitrogens with one attached hydrogen (secondary N) is 1. The summed E-state index contributed by atoms with van der Waals surface area (Å²) >= 11 is 1.67. The number of hydrogen-bond donors (Lipinski definition) is 1. The summed E-state index contributed by atoms with van der Waals surface area (Å²) in [6.07, 6.45) is 4.33. The average Bonchev–Trinajstić information content (AvgIpc) is 3.10. The van der Waals surface area contributed by atoms with Crippen LogP contribution in [0.3, 0.4) is 0 Å². The van der Waals surface area contributed by atoms with Gasteiger partial charge in [0, 0.05) is 17.6 Å². The number of rotatable bonds is 5. The molecule has 1 aliphatic rings. The van der Waals surface area contributed by atoms with Gasteiger partial charge in [0.25, 0.3) is 0 Å². The largest absolute Gasteiger partial charge is 0.301 e. The summed E-state index contributed by atoms with van der Waals surface area (Å²) in [4.78, 5) is 4.35. The van der Waals surface area contributed by atoms with E-state index >= 15 is 0 Å². The Morgan fingerprint density at radius 3 is 2.63 bits per heavy atom. The standard InChI is InChI=1S/C15H17FN2S/c1-10(15-17-8-9-19-15)18-14(11-2-3-11)12-4-6-13(16)7-5-12/h4-11,14,18H,2-3H2,1H3. The zero-order chi connectivity index (χ0) is 13.2. The highest BCUT2D eigenvalue weighted by atomic mass is 32.1. The third-order valence-electron chi connectivity index (χ3n) is 3.57. The monoisotopic (exact) mass is 276 g/mol. The Hall–Kier alpha value is -1.26. The van der Waals surface area contributed by atoms with Gasteiger partial charge < -0.3 is 5.32 Å². The maximum absolute atomic E-state index is 13.0. The molecule has 2 unspecified atom stereocenters. The first-order chi connectivity index (χ1) is 9.24. The summed E-state index contributed by atoms with van der Waals surface area (Å²) in [7, 11) is 0. The fourth-order valence-corrected chi connectivity index (χ4v) is 3.05. The van der Waals surface area contributed by atoms with E-state index in [0.29, 0.717) is 12.0 Å². The summed E-state index contributed by atoms with van der Waals surface area (Å²) < 4.78 is 13.0. The average molecular weight is 276 g/mol. The SMILES string of the molecule is CC(NC(c1ccc(F)cc1)C1CC1)c1nccs1. The second-order valence-corrected chi connectivity index (χ2v) is 6.05. The first-order valence-corrected chi connectivity index (χ1v) is 7.53. The quantitative estimate of drug-likeness (QED) is 0.890. The van der Waals surface area contributed by atoms with E-state index in [2.05, 4.69) is 17.2 Å². The van der Waals surface area contributed by atoms with Crippen LogP contribution in [0, 0.1) is 11.7 Å². The summed E-state index contributed by atoms with van der Waals surface area (Å²) in [5, 5.41) is 6.74. The molecule has 2 nitrogen and oxygen atoms in total. The van der Waals surface area contributed by atoms with E-state index in [1.165, 1.54) is 18.4 Å². The van der Waals surface area contributed by atoms with E-state index in [-0.39, 0.29) is 11.9 Å². The van der Waals surface area contributed by atoms with E-state index < -0.39 is 0 Å². The topological polar surface area (TPSA) is 24.9 Å². The van der Waals surface area contributed by atoms with Gasteiger partial charge in [-0.1, -0.05) is 12.1 Å². The molecular formula is C15H17FN2S. The van der Waals surface area contributed by atoms with E-state index in [1.807, 2.05) is 23.7 Å². The van der Waals surface area contributed by atoms with Gasteiger partial charge >= 0.3 is 0 Å². The second-order valence-electron chi connectivity index (χ2n) is 5.13. The molecule has 0 aliphatic heterocycles. The van der Waals surface area contributed by atoms with Crippen molar-refractivity contribution in [3.8, 4) is 0 Å². The normalized spacial score (nSPS) is 18.2. The number of hydrogen-bond acceptors (Lipinski definition) is 3. The molecule has 2 aromatic rings. The van der Waals surface area contributed by atoms with Crippen LogP contribution in [0.15, 0.2) is 35.8 Å². The van der Waals surface area contributed by atoms with Gasteiger partial charge in [-0.2, -0.15) is 0 Å².